The number of imidazole rings is 1. The number of nitrogens with zero attached hydrogens (tertiary/aromatic N) is 4. The lowest BCUT2D eigenvalue weighted by molar-refractivity contribution is 0.0274. The lowest BCUT2D eigenvalue weighted by Gasteiger charge is -2.15. The van der Waals surface area contributed by atoms with Crippen LogP contribution in [0.2, 0.25) is 0 Å². The average Bonchev–Trinajstić information content (AvgIpc) is 2.86. The zero-order chi connectivity index (χ0) is 15.7. The van der Waals surface area contributed by atoms with Crippen molar-refractivity contribution in [3.8, 4) is 0 Å². The minimum Gasteiger partial charge on any atom is -0.359 e. The van der Waals surface area contributed by atoms with Crippen LogP contribution in [0, 0.1) is 5.92 Å². The maximum atomic E-state index is 12.4. The van der Waals surface area contributed by atoms with Crippen LogP contribution in [0.5, 0.6) is 0 Å². The Kier molecular flexibility index (Phi) is 4.32. The number of rotatable bonds is 5. The summed E-state index contributed by atoms with van der Waals surface area (Å²) in [5, 5.41) is 0. The van der Waals surface area contributed by atoms with Crippen molar-refractivity contribution < 1.29 is 4.74 Å². The van der Waals surface area contributed by atoms with Crippen LogP contribution in [0.4, 0.5) is 0 Å². The van der Waals surface area contributed by atoms with Crippen LogP contribution in [-0.4, -0.2) is 25.3 Å². The van der Waals surface area contributed by atoms with E-state index in [2.05, 4.69) is 4.98 Å². The van der Waals surface area contributed by atoms with Gasteiger partial charge in [0.15, 0.2) is 11.2 Å². The molecule has 0 saturated heterocycles. The third-order valence-corrected chi connectivity index (χ3v) is 3.40. The molecule has 0 amide bonds. The third-order valence-electron chi connectivity index (χ3n) is 3.40. The standard InChI is InChI=1S/C14H22N4O3/c1-6-21-10(4)18-8-15-12-11(18)13(19)16(5)14(20)17(12)7-9(2)3/h8-10H,6-7H2,1-5H3. The van der Waals surface area contributed by atoms with Gasteiger partial charge in [0, 0.05) is 20.2 Å². The Morgan fingerprint density at radius 2 is 1.95 bits per heavy atom. The van der Waals surface area contributed by atoms with Crippen molar-refractivity contribution in [1.29, 1.82) is 0 Å². The fraction of sp³-hybridized carbons (Fsp3) is 0.643. The molecule has 0 aliphatic heterocycles. The van der Waals surface area contributed by atoms with E-state index in [0.717, 1.165) is 4.57 Å². The molecular formula is C14H22N4O3. The first-order valence-corrected chi connectivity index (χ1v) is 7.16. The van der Waals surface area contributed by atoms with Gasteiger partial charge in [-0.05, 0) is 19.8 Å². The second-order valence-corrected chi connectivity index (χ2v) is 5.53. The maximum absolute atomic E-state index is 12.4. The van der Waals surface area contributed by atoms with Gasteiger partial charge in [-0.15, -0.1) is 0 Å². The van der Waals surface area contributed by atoms with E-state index in [0.29, 0.717) is 24.3 Å². The quantitative estimate of drug-likeness (QED) is 0.828. The fourth-order valence-electron chi connectivity index (χ4n) is 2.40. The van der Waals surface area contributed by atoms with E-state index in [1.165, 1.54) is 7.05 Å². The molecule has 0 radical (unpaired) electrons. The minimum absolute atomic E-state index is 0.276. The summed E-state index contributed by atoms with van der Waals surface area (Å²) in [5.74, 6) is 0.276. The molecule has 0 saturated carbocycles. The number of aromatic nitrogens is 4. The molecule has 1 unspecified atom stereocenters. The molecule has 0 aliphatic carbocycles. The molecule has 0 spiro atoms. The predicted molar refractivity (Wildman–Crippen MR) is 80.4 cm³/mol. The van der Waals surface area contributed by atoms with Crippen molar-refractivity contribution in [2.24, 2.45) is 13.0 Å². The van der Waals surface area contributed by atoms with Gasteiger partial charge in [0.25, 0.3) is 5.56 Å². The van der Waals surface area contributed by atoms with Gasteiger partial charge < -0.3 is 4.74 Å². The van der Waals surface area contributed by atoms with Gasteiger partial charge in [0.2, 0.25) is 0 Å². The Labute approximate surface area is 122 Å². The van der Waals surface area contributed by atoms with Crippen molar-refractivity contribution in [3.05, 3.63) is 27.2 Å². The first kappa shape index (κ1) is 15.5. The first-order chi connectivity index (χ1) is 9.88. The summed E-state index contributed by atoms with van der Waals surface area (Å²) in [6.45, 7) is 8.83. The lowest BCUT2D eigenvalue weighted by Crippen LogP contribution is -2.39. The highest BCUT2D eigenvalue weighted by molar-refractivity contribution is 5.70. The summed E-state index contributed by atoms with van der Waals surface area (Å²) in [7, 11) is 1.49. The number of fused-ring (bicyclic) bond motifs is 1. The average molecular weight is 294 g/mol. The second kappa shape index (κ2) is 5.85. The highest BCUT2D eigenvalue weighted by Gasteiger charge is 2.19. The molecule has 2 rings (SSSR count). The van der Waals surface area contributed by atoms with Crippen LogP contribution in [0.1, 0.15) is 33.9 Å². The molecule has 7 nitrogen and oxygen atoms in total. The Morgan fingerprint density at radius 1 is 1.29 bits per heavy atom. The van der Waals surface area contributed by atoms with Crippen molar-refractivity contribution in [1.82, 2.24) is 18.7 Å². The summed E-state index contributed by atoms with van der Waals surface area (Å²) in [4.78, 5) is 29.0. The van der Waals surface area contributed by atoms with Gasteiger partial charge in [-0.25, -0.2) is 9.78 Å². The summed E-state index contributed by atoms with van der Waals surface area (Å²) < 4.78 is 9.88. The molecule has 1 atom stereocenters. The topological polar surface area (TPSA) is 71.1 Å². The summed E-state index contributed by atoms with van der Waals surface area (Å²) in [6.07, 6.45) is 1.25. The monoisotopic (exact) mass is 294 g/mol. The van der Waals surface area contributed by atoms with Gasteiger partial charge in [-0.2, -0.15) is 0 Å². The summed E-state index contributed by atoms with van der Waals surface area (Å²) >= 11 is 0. The molecule has 7 heteroatoms. The fourth-order valence-corrected chi connectivity index (χ4v) is 2.40. The minimum atomic E-state index is -0.348. The van der Waals surface area contributed by atoms with Crippen molar-refractivity contribution in [2.75, 3.05) is 6.61 Å². The van der Waals surface area contributed by atoms with E-state index in [4.69, 9.17) is 4.74 Å². The zero-order valence-electron chi connectivity index (χ0n) is 13.2. The van der Waals surface area contributed by atoms with Crippen LogP contribution < -0.4 is 11.2 Å². The first-order valence-electron chi connectivity index (χ1n) is 7.16. The van der Waals surface area contributed by atoms with Crippen molar-refractivity contribution >= 4 is 11.2 Å². The molecule has 0 bridgehead atoms. The normalized spacial score (nSPS) is 13.2. The Bertz CT molecular complexity index is 754. The molecule has 2 aromatic rings. The molecule has 2 aromatic heterocycles. The highest BCUT2D eigenvalue weighted by atomic mass is 16.5. The smallest absolute Gasteiger partial charge is 0.332 e. The third kappa shape index (κ3) is 2.65. The van der Waals surface area contributed by atoms with E-state index in [-0.39, 0.29) is 23.4 Å². The molecule has 116 valence electrons. The van der Waals surface area contributed by atoms with Gasteiger partial charge in [-0.3, -0.25) is 18.5 Å². The van der Waals surface area contributed by atoms with E-state index in [1.54, 1.807) is 15.5 Å². The van der Waals surface area contributed by atoms with Crippen LogP contribution in [-0.2, 0) is 18.3 Å². The van der Waals surface area contributed by atoms with Gasteiger partial charge in [0.1, 0.15) is 6.23 Å². The molecule has 21 heavy (non-hydrogen) atoms. The molecular weight excluding hydrogens is 272 g/mol. The maximum Gasteiger partial charge on any atom is 0.332 e. The SMILES string of the molecule is CCOC(C)n1cnc2c1c(=O)n(C)c(=O)n2CC(C)C. The Balaban J connectivity index is 2.77. The van der Waals surface area contributed by atoms with Gasteiger partial charge in [-0.1, -0.05) is 13.8 Å². The Morgan fingerprint density at radius 3 is 2.52 bits per heavy atom. The summed E-state index contributed by atoms with van der Waals surface area (Å²) in [5.41, 5.74) is 0.136. The predicted octanol–water partition coefficient (Wildman–Crippen LogP) is 1.11. The van der Waals surface area contributed by atoms with Crippen LogP contribution >= 0.6 is 0 Å². The van der Waals surface area contributed by atoms with Crippen molar-refractivity contribution in [2.45, 2.75) is 40.5 Å². The second-order valence-electron chi connectivity index (χ2n) is 5.53. The largest absolute Gasteiger partial charge is 0.359 e. The Hall–Kier alpha value is -1.89. The highest BCUT2D eigenvalue weighted by Crippen LogP contribution is 2.15. The molecule has 0 aliphatic rings. The molecule has 0 aromatic carbocycles. The van der Waals surface area contributed by atoms with Crippen molar-refractivity contribution in [3.63, 3.8) is 0 Å². The van der Waals surface area contributed by atoms with Gasteiger partial charge in [0.05, 0.1) is 6.33 Å². The zero-order valence-corrected chi connectivity index (χ0v) is 13.2. The molecule has 0 fully saturated rings. The molecule has 0 N–H and O–H groups in total. The van der Waals surface area contributed by atoms with Gasteiger partial charge >= 0.3 is 5.69 Å². The van der Waals surface area contributed by atoms with Crippen LogP contribution in [0.15, 0.2) is 15.9 Å². The van der Waals surface area contributed by atoms with E-state index < -0.39 is 0 Å². The van der Waals surface area contributed by atoms with E-state index in [9.17, 15) is 9.59 Å². The number of hydrogen-bond acceptors (Lipinski definition) is 4. The molecule has 2 heterocycles. The van der Waals surface area contributed by atoms with Crippen LogP contribution in [0.25, 0.3) is 11.2 Å². The number of hydrogen-bond donors (Lipinski definition) is 0. The van der Waals surface area contributed by atoms with E-state index >= 15 is 0 Å². The van der Waals surface area contributed by atoms with Crippen LogP contribution in [0.3, 0.4) is 0 Å². The van der Waals surface area contributed by atoms with E-state index in [1.807, 2.05) is 27.7 Å². The number of ether oxygens (including phenoxy) is 1. The lowest BCUT2D eigenvalue weighted by atomic mass is 10.2. The summed E-state index contributed by atoms with van der Waals surface area (Å²) in [6, 6.07) is 0.